The van der Waals surface area contributed by atoms with Crippen LogP contribution in [0.4, 0.5) is 5.13 Å². The van der Waals surface area contributed by atoms with E-state index in [1.54, 1.807) is 5.38 Å². The van der Waals surface area contributed by atoms with Crippen molar-refractivity contribution in [1.29, 1.82) is 0 Å². The number of hydrogen-bond acceptors (Lipinski definition) is 6. The molecule has 2 aromatic heterocycles. The van der Waals surface area contributed by atoms with Crippen molar-refractivity contribution in [3.63, 3.8) is 0 Å². The monoisotopic (exact) mass is 357 g/mol. The number of aromatic amines is 1. The lowest BCUT2D eigenvalue weighted by molar-refractivity contribution is 0.0945. The number of carbonyl (C=O) groups excluding carboxylic acids is 1. The Balaban J connectivity index is 1.41. The highest BCUT2D eigenvalue weighted by atomic mass is 32.1. The summed E-state index contributed by atoms with van der Waals surface area (Å²) in [6.45, 7) is 1.31. The van der Waals surface area contributed by atoms with Gasteiger partial charge in [0.2, 0.25) is 0 Å². The van der Waals surface area contributed by atoms with E-state index >= 15 is 0 Å². The molecule has 1 aromatic carbocycles. The third kappa shape index (κ3) is 3.22. The summed E-state index contributed by atoms with van der Waals surface area (Å²) in [6.07, 6.45) is 2.00. The SMILES string of the molecule is O=C(NCc1nc2ccccc2[nH]1)c1csc(N2CCCC2CO)n1. The number of nitrogens with zero attached hydrogens (tertiary/aromatic N) is 3. The van der Waals surface area contributed by atoms with Crippen LogP contribution in [0.1, 0.15) is 29.2 Å². The first kappa shape index (κ1) is 16.0. The number of anilines is 1. The normalized spacial score (nSPS) is 17.3. The van der Waals surface area contributed by atoms with Crippen molar-refractivity contribution in [1.82, 2.24) is 20.3 Å². The number of carbonyl (C=O) groups is 1. The Morgan fingerprint density at radius 3 is 3.12 bits per heavy atom. The minimum atomic E-state index is -0.220. The molecule has 1 atom stereocenters. The smallest absolute Gasteiger partial charge is 0.271 e. The molecule has 1 fully saturated rings. The fourth-order valence-electron chi connectivity index (χ4n) is 3.12. The lowest BCUT2D eigenvalue weighted by atomic mass is 10.2. The number of H-pyrrole nitrogens is 1. The van der Waals surface area contributed by atoms with Crippen LogP contribution in [-0.2, 0) is 6.54 Å². The average Bonchev–Trinajstić information content (AvgIpc) is 3.37. The van der Waals surface area contributed by atoms with Gasteiger partial charge in [-0.05, 0) is 25.0 Å². The molecule has 1 aliphatic rings. The molecule has 130 valence electrons. The lowest BCUT2D eigenvalue weighted by Gasteiger charge is -2.21. The van der Waals surface area contributed by atoms with Crippen molar-refractivity contribution in [2.75, 3.05) is 18.1 Å². The van der Waals surface area contributed by atoms with Crippen LogP contribution < -0.4 is 10.2 Å². The van der Waals surface area contributed by atoms with E-state index in [-0.39, 0.29) is 18.6 Å². The first-order valence-electron chi connectivity index (χ1n) is 8.29. The Kier molecular flexibility index (Phi) is 4.37. The van der Waals surface area contributed by atoms with Gasteiger partial charge in [-0.1, -0.05) is 12.1 Å². The molecular formula is C17H19N5O2S. The van der Waals surface area contributed by atoms with Gasteiger partial charge in [0.1, 0.15) is 11.5 Å². The van der Waals surface area contributed by atoms with Gasteiger partial charge >= 0.3 is 0 Å². The summed E-state index contributed by atoms with van der Waals surface area (Å²) in [5.74, 6) is 0.493. The molecule has 25 heavy (non-hydrogen) atoms. The molecule has 1 unspecified atom stereocenters. The molecule has 1 amide bonds. The van der Waals surface area contributed by atoms with E-state index in [1.165, 1.54) is 11.3 Å². The van der Waals surface area contributed by atoms with E-state index in [4.69, 9.17) is 0 Å². The summed E-state index contributed by atoms with van der Waals surface area (Å²) in [5.41, 5.74) is 2.23. The number of imidazole rings is 1. The fraction of sp³-hybridized carbons (Fsp3) is 0.353. The third-order valence-electron chi connectivity index (χ3n) is 4.41. The minimum absolute atomic E-state index is 0.109. The van der Waals surface area contributed by atoms with Crippen molar-refractivity contribution in [3.8, 4) is 0 Å². The second kappa shape index (κ2) is 6.81. The van der Waals surface area contributed by atoms with Gasteiger partial charge in [-0.25, -0.2) is 9.97 Å². The number of rotatable bonds is 5. The van der Waals surface area contributed by atoms with Gasteiger partial charge in [-0.3, -0.25) is 4.79 Å². The zero-order valence-corrected chi connectivity index (χ0v) is 14.4. The number of nitrogens with one attached hydrogen (secondary N) is 2. The Bertz CT molecular complexity index is 857. The maximum Gasteiger partial charge on any atom is 0.271 e. The average molecular weight is 357 g/mol. The molecule has 1 aliphatic heterocycles. The Morgan fingerprint density at radius 2 is 2.28 bits per heavy atom. The maximum atomic E-state index is 12.3. The van der Waals surface area contributed by atoms with Crippen molar-refractivity contribution < 1.29 is 9.90 Å². The summed E-state index contributed by atoms with van der Waals surface area (Å²) < 4.78 is 0. The molecule has 8 heteroatoms. The van der Waals surface area contributed by atoms with Crippen LogP contribution >= 0.6 is 11.3 Å². The van der Waals surface area contributed by atoms with Gasteiger partial charge in [-0.15, -0.1) is 11.3 Å². The van der Waals surface area contributed by atoms with Crippen LogP contribution in [0.25, 0.3) is 11.0 Å². The number of benzene rings is 1. The van der Waals surface area contributed by atoms with Gasteiger partial charge in [0.05, 0.1) is 30.2 Å². The molecule has 0 aliphatic carbocycles. The van der Waals surface area contributed by atoms with Crippen molar-refractivity contribution >= 4 is 33.4 Å². The van der Waals surface area contributed by atoms with Gasteiger partial charge in [-0.2, -0.15) is 0 Å². The van der Waals surface area contributed by atoms with E-state index in [0.717, 1.165) is 35.6 Å². The Morgan fingerprint density at radius 1 is 1.40 bits per heavy atom. The van der Waals surface area contributed by atoms with Crippen molar-refractivity contribution in [2.45, 2.75) is 25.4 Å². The van der Waals surface area contributed by atoms with E-state index in [2.05, 4.69) is 25.2 Å². The number of para-hydroxylation sites is 2. The van der Waals surface area contributed by atoms with Crippen LogP contribution in [0, 0.1) is 0 Å². The van der Waals surface area contributed by atoms with Gasteiger partial charge in [0.25, 0.3) is 5.91 Å². The largest absolute Gasteiger partial charge is 0.394 e. The van der Waals surface area contributed by atoms with Crippen molar-refractivity contribution in [3.05, 3.63) is 41.2 Å². The molecule has 1 saturated heterocycles. The van der Waals surface area contributed by atoms with Crippen LogP contribution in [0.5, 0.6) is 0 Å². The van der Waals surface area contributed by atoms with Crippen molar-refractivity contribution in [2.24, 2.45) is 0 Å². The quantitative estimate of drug-likeness (QED) is 0.648. The number of hydrogen-bond donors (Lipinski definition) is 3. The zero-order valence-electron chi connectivity index (χ0n) is 13.6. The Hall–Kier alpha value is -2.45. The summed E-state index contributed by atoms with van der Waals surface area (Å²) in [4.78, 5) is 26.5. The Labute approximate surface area is 148 Å². The van der Waals surface area contributed by atoms with Crippen LogP contribution in [0.15, 0.2) is 29.6 Å². The third-order valence-corrected chi connectivity index (χ3v) is 5.29. The minimum Gasteiger partial charge on any atom is -0.394 e. The number of fused-ring (bicyclic) bond motifs is 1. The lowest BCUT2D eigenvalue weighted by Crippen LogP contribution is -2.32. The molecule has 3 N–H and O–H groups in total. The molecule has 7 nitrogen and oxygen atoms in total. The first-order chi connectivity index (χ1) is 12.2. The summed E-state index contributed by atoms with van der Waals surface area (Å²) >= 11 is 1.44. The number of aliphatic hydroxyl groups is 1. The topological polar surface area (TPSA) is 94.1 Å². The van der Waals surface area contributed by atoms with Gasteiger partial charge < -0.3 is 20.3 Å². The van der Waals surface area contributed by atoms with E-state index in [9.17, 15) is 9.90 Å². The van der Waals surface area contributed by atoms with E-state index < -0.39 is 0 Å². The zero-order chi connectivity index (χ0) is 17.2. The van der Waals surface area contributed by atoms with E-state index in [1.807, 2.05) is 24.3 Å². The number of thiazole rings is 1. The second-order valence-electron chi connectivity index (χ2n) is 6.07. The fourth-order valence-corrected chi connectivity index (χ4v) is 4.03. The van der Waals surface area contributed by atoms with E-state index in [0.29, 0.717) is 18.1 Å². The van der Waals surface area contributed by atoms with Crippen LogP contribution in [0.2, 0.25) is 0 Å². The van der Waals surface area contributed by atoms with Crippen LogP contribution in [0.3, 0.4) is 0 Å². The highest BCUT2D eigenvalue weighted by molar-refractivity contribution is 7.14. The standard InChI is InChI=1S/C17H19N5O2S/c23-9-11-4-3-7-22(11)17-21-14(10-25-17)16(24)18-8-15-19-12-5-1-2-6-13(12)20-15/h1-2,5-6,10-11,23H,3-4,7-9H2,(H,18,24)(H,19,20). The molecule has 3 heterocycles. The number of aliphatic hydroxyl groups excluding tert-OH is 1. The number of amides is 1. The molecule has 4 rings (SSSR count). The van der Waals surface area contributed by atoms with Crippen LogP contribution in [-0.4, -0.2) is 45.2 Å². The molecule has 0 radical (unpaired) electrons. The molecule has 0 spiro atoms. The van der Waals surface area contributed by atoms with Gasteiger partial charge in [0.15, 0.2) is 5.13 Å². The molecule has 0 saturated carbocycles. The summed E-state index contributed by atoms with van der Waals surface area (Å²) in [5, 5.41) is 14.8. The highest BCUT2D eigenvalue weighted by Crippen LogP contribution is 2.28. The van der Waals surface area contributed by atoms with Gasteiger partial charge in [0, 0.05) is 11.9 Å². The predicted molar refractivity (Wildman–Crippen MR) is 96.8 cm³/mol. The predicted octanol–water partition coefficient (Wildman–Crippen LogP) is 1.91. The molecular weight excluding hydrogens is 338 g/mol. The highest BCUT2D eigenvalue weighted by Gasteiger charge is 2.26. The number of aromatic nitrogens is 3. The molecule has 3 aromatic rings. The maximum absolute atomic E-state index is 12.3. The first-order valence-corrected chi connectivity index (χ1v) is 9.17. The molecule has 0 bridgehead atoms. The second-order valence-corrected chi connectivity index (χ2v) is 6.91. The summed E-state index contributed by atoms with van der Waals surface area (Å²) in [7, 11) is 0. The summed E-state index contributed by atoms with van der Waals surface area (Å²) in [6, 6.07) is 7.86.